The Labute approximate surface area is 116 Å². The molecule has 19 heavy (non-hydrogen) atoms. The lowest BCUT2D eigenvalue weighted by Gasteiger charge is -2.09. The number of aromatic nitrogens is 1. The van der Waals surface area contributed by atoms with Gasteiger partial charge in [-0.3, -0.25) is 4.79 Å². The van der Waals surface area contributed by atoms with E-state index in [1.165, 1.54) is 6.07 Å². The summed E-state index contributed by atoms with van der Waals surface area (Å²) in [4.78, 5) is 16.1. The summed E-state index contributed by atoms with van der Waals surface area (Å²) in [6, 6.07) is 10.2. The zero-order valence-corrected chi connectivity index (χ0v) is 11.1. The molecule has 0 spiro atoms. The van der Waals surface area contributed by atoms with Crippen molar-refractivity contribution >= 4 is 23.2 Å². The summed E-state index contributed by atoms with van der Waals surface area (Å²) in [5.41, 5.74) is 2.35. The van der Waals surface area contributed by atoms with Crippen molar-refractivity contribution in [1.29, 1.82) is 0 Å². The van der Waals surface area contributed by atoms with Crippen LogP contribution in [0.3, 0.4) is 0 Å². The quantitative estimate of drug-likeness (QED) is 0.848. The third-order valence-electron chi connectivity index (χ3n) is 2.62. The number of halogens is 1. The van der Waals surface area contributed by atoms with E-state index in [2.05, 4.69) is 10.3 Å². The molecule has 0 aliphatic heterocycles. The van der Waals surface area contributed by atoms with Gasteiger partial charge in [0.2, 0.25) is 0 Å². The highest BCUT2D eigenvalue weighted by atomic mass is 35.5. The number of aliphatic hydroxyl groups is 1. The molecule has 0 saturated carbocycles. The van der Waals surface area contributed by atoms with Gasteiger partial charge >= 0.3 is 0 Å². The highest BCUT2D eigenvalue weighted by Gasteiger charge is 2.10. The Kier molecular flexibility index (Phi) is 4.14. The molecule has 0 aliphatic carbocycles. The number of nitrogens with one attached hydrogen (secondary N) is 1. The maximum Gasteiger partial charge on any atom is 0.255 e. The van der Waals surface area contributed by atoms with Crippen LogP contribution in [-0.2, 0) is 6.61 Å². The molecule has 2 N–H and O–H groups in total. The second-order valence-electron chi connectivity index (χ2n) is 4.09. The topological polar surface area (TPSA) is 62.2 Å². The molecule has 1 aromatic carbocycles. The monoisotopic (exact) mass is 276 g/mol. The number of carbonyl (C=O) groups is 1. The van der Waals surface area contributed by atoms with Crippen molar-refractivity contribution in [2.45, 2.75) is 13.5 Å². The van der Waals surface area contributed by atoms with E-state index in [9.17, 15) is 9.90 Å². The molecule has 98 valence electrons. The summed E-state index contributed by atoms with van der Waals surface area (Å²) in [7, 11) is 0. The van der Waals surface area contributed by atoms with Gasteiger partial charge < -0.3 is 10.4 Å². The number of hydrogen-bond acceptors (Lipinski definition) is 3. The largest absolute Gasteiger partial charge is 0.392 e. The van der Waals surface area contributed by atoms with Gasteiger partial charge in [-0.05, 0) is 25.1 Å². The summed E-state index contributed by atoms with van der Waals surface area (Å²) in [5.74, 6) is -0.284. The van der Waals surface area contributed by atoms with E-state index in [0.29, 0.717) is 22.5 Å². The minimum Gasteiger partial charge on any atom is -0.392 e. The normalized spacial score (nSPS) is 10.3. The molecule has 0 aliphatic rings. The van der Waals surface area contributed by atoms with Gasteiger partial charge in [-0.2, -0.15) is 0 Å². The van der Waals surface area contributed by atoms with Crippen molar-refractivity contribution in [3.63, 3.8) is 0 Å². The van der Waals surface area contributed by atoms with Crippen LogP contribution < -0.4 is 5.32 Å². The number of para-hydroxylation sites is 1. The molecular weight excluding hydrogens is 264 g/mol. The first-order valence-electron chi connectivity index (χ1n) is 5.74. The Bertz CT molecular complexity index is 594. The summed E-state index contributed by atoms with van der Waals surface area (Å²) < 4.78 is 0. The van der Waals surface area contributed by atoms with Gasteiger partial charge in [0.1, 0.15) is 5.15 Å². The van der Waals surface area contributed by atoms with Crippen molar-refractivity contribution < 1.29 is 9.90 Å². The number of aliphatic hydroxyl groups excluding tert-OH is 1. The van der Waals surface area contributed by atoms with Crippen LogP contribution in [0.15, 0.2) is 36.4 Å². The maximum absolute atomic E-state index is 12.1. The number of pyridine rings is 1. The van der Waals surface area contributed by atoms with E-state index >= 15 is 0 Å². The lowest BCUT2D eigenvalue weighted by molar-refractivity contribution is 0.102. The van der Waals surface area contributed by atoms with Crippen molar-refractivity contribution in [3.05, 3.63) is 58.4 Å². The van der Waals surface area contributed by atoms with Gasteiger partial charge in [0.05, 0.1) is 6.61 Å². The zero-order valence-electron chi connectivity index (χ0n) is 10.4. The molecule has 5 heteroatoms. The molecular formula is C14H13ClN2O2. The molecule has 2 aromatic rings. The molecule has 0 bridgehead atoms. The highest BCUT2D eigenvalue weighted by molar-refractivity contribution is 6.29. The van der Waals surface area contributed by atoms with E-state index in [1.54, 1.807) is 37.3 Å². The first kappa shape index (κ1) is 13.5. The van der Waals surface area contributed by atoms with E-state index in [4.69, 9.17) is 11.6 Å². The molecule has 0 fully saturated rings. The van der Waals surface area contributed by atoms with Crippen LogP contribution in [0.2, 0.25) is 5.15 Å². The Morgan fingerprint density at radius 2 is 2.11 bits per heavy atom. The third-order valence-corrected chi connectivity index (χ3v) is 2.81. The second kappa shape index (κ2) is 5.82. The minimum absolute atomic E-state index is 0.132. The molecule has 1 amide bonds. The minimum atomic E-state index is -0.284. The summed E-state index contributed by atoms with van der Waals surface area (Å²) in [6.07, 6.45) is 0. The number of benzene rings is 1. The van der Waals surface area contributed by atoms with Crippen LogP contribution >= 0.6 is 11.6 Å². The number of anilines is 1. The fourth-order valence-corrected chi connectivity index (χ4v) is 1.98. The molecule has 2 rings (SSSR count). The number of nitrogens with zero attached hydrogens (tertiary/aromatic N) is 1. The summed E-state index contributed by atoms with van der Waals surface area (Å²) in [5, 5.41) is 12.2. The van der Waals surface area contributed by atoms with Gasteiger partial charge in [-0.25, -0.2) is 4.98 Å². The number of amides is 1. The average molecular weight is 277 g/mol. The zero-order chi connectivity index (χ0) is 13.8. The van der Waals surface area contributed by atoms with Gasteiger partial charge in [-0.15, -0.1) is 0 Å². The highest BCUT2D eigenvalue weighted by Crippen LogP contribution is 2.17. The van der Waals surface area contributed by atoms with E-state index < -0.39 is 0 Å². The Morgan fingerprint density at radius 1 is 1.37 bits per heavy atom. The van der Waals surface area contributed by atoms with Crippen molar-refractivity contribution in [2.75, 3.05) is 5.32 Å². The molecule has 0 saturated heterocycles. The number of carbonyl (C=O) groups excluding carboxylic acids is 1. The first-order valence-corrected chi connectivity index (χ1v) is 6.12. The Balaban J connectivity index is 2.25. The SMILES string of the molecule is Cc1cc(C(=O)Nc2ccccc2CO)cc(Cl)n1. The number of hydrogen-bond donors (Lipinski definition) is 2. The molecule has 0 unspecified atom stereocenters. The van der Waals surface area contributed by atoms with Crippen molar-refractivity contribution in [2.24, 2.45) is 0 Å². The number of aryl methyl sites for hydroxylation is 1. The van der Waals surface area contributed by atoms with Crippen LogP contribution in [0, 0.1) is 6.92 Å². The Hall–Kier alpha value is -1.91. The van der Waals surface area contributed by atoms with E-state index in [0.717, 1.165) is 0 Å². The summed E-state index contributed by atoms with van der Waals surface area (Å²) in [6.45, 7) is 1.64. The average Bonchev–Trinajstić information content (AvgIpc) is 2.38. The standard InChI is InChI=1S/C14H13ClN2O2/c1-9-6-11(7-13(15)16-9)14(19)17-12-5-3-2-4-10(12)8-18/h2-7,18H,8H2,1H3,(H,17,19). The van der Waals surface area contributed by atoms with Crippen LogP contribution in [0.5, 0.6) is 0 Å². The molecule has 0 radical (unpaired) electrons. The van der Waals surface area contributed by atoms with Crippen LogP contribution in [0.1, 0.15) is 21.6 Å². The molecule has 1 aromatic heterocycles. The van der Waals surface area contributed by atoms with Gasteiger partial charge in [0.15, 0.2) is 0 Å². The van der Waals surface area contributed by atoms with E-state index in [1.807, 2.05) is 0 Å². The number of rotatable bonds is 3. The summed E-state index contributed by atoms with van der Waals surface area (Å²) >= 11 is 5.82. The van der Waals surface area contributed by atoms with Crippen molar-refractivity contribution in [1.82, 2.24) is 4.98 Å². The van der Waals surface area contributed by atoms with Crippen LogP contribution in [0.25, 0.3) is 0 Å². The van der Waals surface area contributed by atoms with Crippen LogP contribution in [-0.4, -0.2) is 16.0 Å². The first-order chi connectivity index (χ1) is 9.10. The molecule has 4 nitrogen and oxygen atoms in total. The fourth-order valence-electron chi connectivity index (χ4n) is 1.73. The fraction of sp³-hybridized carbons (Fsp3) is 0.143. The second-order valence-corrected chi connectivity index (χ2v) is 4.48. The third kappa shape index (κ3) is 3.30. The smallest absolute Gasteiger partial charge is 0.255 e. The Morgan fingerprint density at radius 3 is 2.79 bits per heavy atom. The van der Waals surface area contributed by atoms with Crippen LogP contribution in [0.4, 0.5) is 5.69 Å². The van der Waals surface area contributed by atoms with Crippen molar-refractivity contribution in [3.8, 4) is 0 Å². The lowest BCUT2D eigenvalue weighted by Crippen LogP contribution is -2.13. The predicted molar refractivity (Wildman–Crippen MR) is 74.3 cm³/mol. The molecule has 0 atom stereocenters. The van der Waals surface area contributed by atoms with Gasteiger partial charge in [0, 0.05) is 22.5 Å². The predicted octanol–water partition coefficient (Wildman–Crippen LogP) is 2.79. The van der Waals surface area contributed by atoms with E-state index in [-0.39, 0.29) is 17.7 Å². The maximum atomic E-state index is 12.1. The lowest BCUT2D eigenvalue weighted by atomic mass is 10.1. The van der Waals surface area contributed by atoms with Gasteiger partial charge in [0.25, 0.3) is 5.91 Å². The molecule has 1 heterocycles. The van der Waals surface area contributed by atoms with Gasteiger partial charge in [-0.1, -0.05) is 29.8 Å².